The largest absolute Gasteiger partial charge is 0.303 e. The fourth-order valence-electron chi connectivity index (χ4n) is 6.40. The summed E-state index contributed by atoms with van der Waals surface area (Å²) in [5, 5.41) is 10.5. The topological polar surface area (TPSA) is 27.0 Å². The molecule has 4 aromatic carbocycles. The Morgan fingerprint density at radius 2 is 1.13 bits per heavy atom. The molecule has 1 saturated heterocycles. The minimum absolute atomic E-state index is 0.619. The zero-order chi connectivity index (χ0) is 26.5. The fourth-order valence-corrected chi connectivity index (χ4v) is 6.40. The molecule has 2 nitrogen and oxygen atoms in total. The summed E-state index contributed by atoms with van der Waals surface area (Å²) in [5.74, 6) is 0. The third kappa shape index (κ3) is 4.99. The zero-order valence-corrected chi connectivity index (χ0v) is 22.4. The second-order valence-electron chi connectivity index (χ2n) is 10.7. The van der Waals surface area contributed by atoms with Gasteiger partial charge in [0.15, 0.2) is 0 Å². The van der Waals surface area contributed by atoms with E-state index < -0.39 is 5.41 Å². The first-order valence-electron chi connectivity index (χ1n) is 14.1. The third-order valence-electron chi connectivity index (χ3n) is 8.47. The maximum atomic E-state index is 10.5. The molecule has 0 N–H and O–H groups in total. The van der Waals surface area contributed by atoms with Crippen molar-refractivity contribution in [3.05, 3.63) is 148 Å². The lowest BCUT2D eigenvalue weighted by molar-refractivity contribution is 0.248. The smallest absolute Gasteiger partial charge is 0.107 e. The van der Waals surface area contributed by atoms with Gasteiger partial charge in [-0.1, -0.05) is 127 Å². The van der Waals surface area contributed by atoms with Crippen molar-refractivity contribution in [3.63, 3.8) is 0 Å². The first kappa shape index (κ1) is 25.1. The van der Waals surface area contributed by atoms with E-state index in [0.29, 0.717) is 0 Å². The second-order valence-corrected chi connectivity index (χ2v) is 10.7. The van der Waals surface area contributed by atoms with Gasteiger partial charge in [0.05, 0.1) is 6.07 Å². The lowest BCUT2D eigenvalue weighted by atomic mass is 9.72. The van der Waals surface area contributed by atoms with E-state index in [1.165, 1.54) is 27.8 Å². The molecule has 0 aromatic heterocycles. The van der Waals surface area contributed by atoms with Crippen LogP contribution >= 0.6 is 0 Å². The van der Waals surface area contributed by atoms with Gasteiger partial charge in [0.25, 0.3) is 0 Å². The normalized spacial score (nSPS) is 15.3. The lowest BCUT2D eigenvalue weighted by Gasteiger charge is -2.32. The molecule has 192 valence electrons. The van der Waals surface area contributed by atoms with E-state index in [4.69, 9.17) is 0 Å². The Morgan fingerprint density at radius 3 is 1.64 bits per heavy atom. The molecule has 1 aliphatic carbocycles. The van der Waals surface area contributed by atoms with E-state index in [-0.39, 0.29) is 0 Å². The zero-order valence-electron chi connectivity index (χ0n) is 22.4. The van der Waals surface area contributed by atoms with Gasteiger partial charge in [0, 0.05) is 13.1 Å². The van der Waals surface area contributed by atoms with E-state index in [9.17, 15) is 5.26 Å². The summed E-state index contributed by atoms with van der Waals surface area (Å²) in [6, 6.07) is 41.0. The number of likely N-dealkylation sites (tertiary alicyclic amines) is 1. The first-order valence-corrected chi connectivity index (χ1v) is 14.1. The van der Waals surface area contributed by atoms with Gasteiger partial charge in [-0.05, 0) is 71.2 Å². The summed E-state index contributed by atoms with van der Waals surface area (Å²) in [6.45, 7) is 3.14. The molecule has 0 spiro atoms. The van der Waals surface area contributed by atoms with E-state index in [2.05, 4.69) is 95.9 Å². The Hall–Kier alpha value is -4.19. The van der Waals surface area contributed by atoms with Crippen molar-refractivity contribution in [1.82, 2.24) is 4.90 Å². The van der Waals surface area contributed by atoms with E-state index in [0.717, 1.165) is 56.4 Å². The van der Waals surface area contributed by atoms with Gasteiger partial charge in [-0.3, -0.25) is 0 Å². The number of hydrogen-bond acceptors (Lipinski definition) is 2. The summed E-state index contributed by atoms with van der Waals surface area (Å²) in [4.78, 5) is 2.59. The number of benzene rings is 4. The Kier molecular flexibility index (Phi) is 7.26. The molecule has 0 bridgehead atoms. The van der Waals surface area contributed by atoms with Crippen LogP contribution in [0.5, 0.6) is 0 Å². The third-order valence-corrected chi connectivity index (χ3v) is 8.47. The molecule has 39 heavy (non-hydrogen) atoms. The maximum absolute atomic E-state index is 10.5. The molecule has 0 amide bonds. The molecule has 1 aliphatic heterocycles. The molecule has 2 heteroatoms. The number of hydrogen-bond donors (Lipinski definition) is 0. The standard InChI is InChI=1S/C37H34N2/c38-28-37(32-14-3-1-4-15-32,33-16-5-2-6-17-33)24-11-25-39-26-22-31(23-27-39)36-34-18-9-7-12-29(34)20-21-30-13-8-10-19-35(30)36/h1-10,12-21H,11,22-27H2. The van der Waals surface area contributed by atoms with Crippen LogP contribution in [-0.4, -0.2) is 24.5 Å². The van der Waals surface area contributed by atoms with Crippen LogP contribution in [0.25, 0.3) is 17.7 Å². The molecule has 0 radical (unpaired) electrons. The SMILES string of the molecule is N#CC(CCCN1CCC(=C2c3ccccc3C=Cc3ccccc32)CC1)(c1ccccc1)c1ccccc1. The average Bonchev–Trinajstić information content (AvgIpc) is 3.18. The fraction of sp³-hybridized carbons (Fsp3) is 0.216. The van der Waals surface area contributed by atoms with Crippen molar-refractivity contribution in [3.8, 4) is 6.07 Å². The van der Waals surface area contributed by atoms with E-state index in [1.807, 2.05) is 36.4 Å². The highest BCUT2D eigenvalue weighted by atomic mass is 15.1. The molecule has 0 unspecified atom stereocenters. The minimum Gasteiger partial charge on any atom is -0.303 e. The number of piperidine rings is 1. The highest BCUT2D eigenvalue weighted by Crippen LogP contribution is 2.39. The van der Waals surface area contributed by atoms with Crippen molar-refractivity contribution in [2.75, 3.05) is 19.6 Å². The Labute approximate surface area is 232 Å². The molecule has 1 heterocycles. The number of nitrogens with zero attached hydrogens (tertiary/aromatic N) is 2. The number of fused-ring (bicyclic) bond motifs is 2. The molecule has 2 aliphatic rings. The van der Waals surface area contributed by atoms with Gasteiger partial charge in [0.1, 0.15) is 5.41 Å². The molecule has 6 rings (SSSR count). The molecule has 4 aromatic rings. The lowest BCUT2D eigenvalue weighted by Crippen LogP contribution is -2.34. The average molecular weight is 507 g/mol. The van der Waals surface area contributed by atoms with Crippen LogP contribution < -0.4 is 0 Å². The molecule has 0 atom stereocenters. The monoisotopic (exact) mass is 506 g/mol. The van der Waals surface area contributed by atoms with Crippen molar-refractivity contribution in [1.29, 1.82) is 5.26 Å². The van der Waals surface area contributed by atoms with E-state index >= 15 is 0 Å². The van der Waals surface area contributed by atoms with Crippen molar-refractivity contribution < 1.29 is 0 Å². The Morgan fingerprint density at radius 1 is 0.641 bits per heavy atom. The molecular formula is C37H34N2. The number of nitriles is 1. The summed E-state index contributed by atoms with van der Waals surface area (Å²) in [5.41, 5.74) is 9.86. The summed E-state index contributed by atoms with van der Waals surface area (Å²) >= 11 is 0. The van der Waals surface area contributed by atoms with Crippen LogP contribution in [0.2, 0.25) is 0 Å². The number of rotatable bonds is 6. The van der Waals surface area contributed by atoms with Gasteiger partial charge in [-0.25, -0.2) is 0 Å². The minimum atomic E-state index is -0.619. The molecule has 0 saturated carbocycles. The Balaban J connectivity index is 1.20. The van der Waals surface area contributed by atoms with Crippen LogP contribution in [0.3, 0.4) is 0 Å². The van der Waals surface area contributed by atoms with Gasteiger partial charge in [-0.2, -0.15) is 5.26 Å². The summed E-state index contributed by atoms with van der Waals surface area (Å²) in [6.07, 6.45) is 8.49. The van der Waals surface area contributed by atoms with Crippen LogP contribution in [0.4, 0.5) is 0 Å². The van der Waals surface area contributed by atoms with Crippen LogP contribution in [-0.2, 0) is 5.41 Å². The van der Waals surface area contributed by atoms with Crippen molar-refractivity contribution in [2.24, 2.45) is 0 Å². The Bertz CT molecular complexity index is 1440. The van der Waals surface area contributed by atoms with Gasteiger partial charge in [0.2, 0.25) is 0 Å². The quantitative estimate of drug-likeness (QED) is 0.231. The highest BCUT2D eigenvalue weighted by Gasteiger charge is 2.34. The van der Waals surface area contributed by atoms with E-state index in [1.54, 1.807) is 5.57 Å². The predicted octanol–water partition coefficient (Wildman–Crippen LogP) is 8.36. The van der Waals surface area contributed by atoms with Crippen LogP contribution in [0, 0.1) is 11.3 Å². The first-order chi connectivity index (χ1) is 19.3. The van der Waals surface area contributed by atoms with Crippen molar-refractivity contribution in [2.45, 2.75) is 31.1 Å². The van der Waals surface area contributed by atoms with Crippen LogP contribution in [0.1, 0.15) is 59.1 Å². The predicted molar refractivity (Wildman–Crippen MR) is 162 cm³/mol. The van der Waals surface area contributed by atoms with Gasteiger partial charge in [-0.15, -0.1) is 0 Å². The van der Waals surface area contributed by atoms with Gasteiger partial charge < -0.3 is 4.90 Å². The highest BCUT2D eigenvalue weighted by molar-refractivity contribution is 5.94. The summed E-state index contributed by atoms with van der Waals surface area (Å²) < 4.78 is 0. The van der Waals surface area contributed by atoms with Crippen molar-refractivity contribution >= 4 is 17.7 Å². The maximum Gasteiger partial charge on any atom is 0.107 e. The summed E-state index contributed by atoms with van der Waals surface area (Å²) in [7, 11) is 0. The van der Waals surface area contributed by atoms with Crippen LogP contribution in [0.15, 0.2) is 115 Å². The molecule has 1 fully saturated rings. The second kappa shape index (κ2) is 11.3. The van der Waals surface area contributed by atoms with Gasteiger partial charge >= 0.3 is 0 Å². The molecular weight excluding hydrogens is 472 g/mol.